The van der Waals surface area contributed by atoms with Gasteiger partial charge in [0.15, 0.2) is 0 Å². The molecule has 2 N–H and O–H groups in total. The van der Waals surface area contributed by atoms with Crippen LogP contribution in [0.2, 0.25) is 0 Å². The molecule has 1 aliphatic rings. The van der Waals surface area contributed by atoms with Crippen molar-refractivity contribution in [2.24, 2.45) is 0 Å². The third-order valence-corrected chi connectivity index (χ3v) is 5.39. The summed E-state index contributed by atoms with van der Waals surface area (Å²) in [6, 6.07) is 13.7. The van der Waals surface area contributed by atoms with Crippen LogP contribution in [0.5, 0.6) is 5.75 Å². The summed E-state index contributed by atoms with van der Waals surface area (Å²) in [5, 5.41) is 20.0. The zero-order valence-electron chi connectivity index (χ0n) is 18.4. The van der Waals surface area contributed by atoms with E-state index in [1.807, 2.05) is 38.1 Å². The maximum absolute atomic E-state index is 13.0. The first-order chi connectivity index (χ1) is 15.5. The number of nitrogens with zero attached hydrogens (tertiary/aromatic N) is 1. The van der Waals surface area contributed by atoms with Gasteiger partial charge < -0.3 is 24.6 Å². The average molecular weight is 440 g/mol. The molecule has 7 nitrogen and oxygen atoms in total. The van der Waals surface area contributed by atoms with Crippen LogP contribution in [0.15, 0.2) is 54.1 Å². The fourth-order valence-electron chi connectivity index (χ4n) is 3.75. The number of rotatable bonds is 10. The lowest BCUT2D eigenvalue weighted by Crippen LogP contribution is -2.33. The van der Waals surface area contributed by atoms with Crippen LogP contribution in [0.1, 0.15) is 36.6 Å². The minimum atomic E-state index is -0.733. The monoisotopic (exact) mass is 439 g/mol. The molecular weight excluding hydrogens is 410 g/mol. The van der Waals surface area contributed by atoms with Gasteiger partial charge in [-0.15, -0.1) is 0 Å². The van der Waals surface area contributed by atoms with Gasteiger partial charge in [0.25, 0.3) is 11.7 Å². The zero-order valence-corrected chi connectivity index (χ0v) is 18.4. The SMILES string of the molecule is CCOc1ccc(/C(O)=C2\C(=O)C(=O)N(CCOCCO)C2c2ccc(CC)cc2)cc1. The van der Waals surface area contributed by atoms with E-state index in [1.54, 1.807) is 24.3 Å². The number of aliphatic hydroxyl groups excluding tert-OH is 2. The van der Waals surface area contributed by atoms with Crippen molar-refractivity contribution in [3.05, 3.63) is 70.8 Å². The minimum Gasteiger partial charge on any atom is -0.507 e. The Hall–Kier alpha value is -3.16. The molecule has 0 bridgehead atoms. The number of likely N-dealkylation sites (tertiary alicyclic amines) is 1. The van der Waals surface area contributed by atoms with Crippen LogP contribution >= 0.6 is 0 Å². The molecular formula is C25H29NO6. The van der Waals surface area contributed by atoms with Crippen LogP contribution in [0.4, 0.5) is 0 Å². The van der Waals surface area contributed by atoms with Crippen molar-refractivity contribution in [1.29, 1.82) is 0 Å². The molecule has 0 aliphatic carbocycles. The molecule has 1 heterocycles. The molecule has 1 fully saturated rings. The van der Waals surface area contributed by atoms with E-state index in [-0.39, 0.29) is 37.7 Å². The summed E-state index contributed by atoms with van der Waals surface area (Å²) in [5.74, 6) is -0.996. The van der Waals surface area contributed by atoms with Gasteiger partial charge in [-0.3, -0.25) is 9.59 Å². The van der Waals surface area contributed by atoms with E-state index in [1.165, 1.54) is 4.90 Å². The molecule has 0 spiro atoms. The lowest BCUT2D eigenvalue weighted by Gasteiger charge is -2.25. The molecule has 3 rings (SSSR count). The number of Topliss-reactive ketones (excluding diaryl/α,β-unsaturated/α-hetero) is 1. The van der Waals surface area contributed by atoms with E-state index < -0.39 is 17.7 Å². The van der Waals surface area contributed by atoms with Crippen molar-refractivity contribution < 1.29 is 29.3 Å². The van der Waals surface area contributed by atoms with E-state index in [9.17, 15) is 14.7 Å². The molecule has 7 heteroatoms. The van der Waals surface area contributed by atoms with Crippen LogP contribution in [-0.2, 0) is 20.7 Å². The maximum atomic E-state index is 13.0. The number of aryl methyl sites for hydroxylation is 1. The summed E-state index contributed by atoms with van der Waals surface area (Å²) >= 11 is 0. The standard InChI is InChI=1S/C25H29NO6/c1-3-17-5-7-18(8-6-17)22-21(23(28)19-9-11-20(12-10-19)32-4-2)24(29)25(30)26(22)13-15-31-16-14-27/h5-12,22,27-28H,3-4,13-16H2,1-2H3/b23-21+. The summed E-state index contributed by atoms with van der Waals surface area (Å²) in [5.41, 5.74) is 2.34. The minimum absolute atomic E-state index is 0.0468. The van der Waals surface area contributed by atoms with Crippen molar-refractivity contribution in [3.8, 4) is 5.75 Å². The first-order valence-electron chi connectivity index (χ1n) is 10.8. The molecule has 0 radical (unpaired) electrons. The second-order valence-corrected chi connectivity index (χ2v) is 7.38. The van der Waals surface area contributed by atoms with Crippen LogP contribution < -0.4 is 4.74 Å². The second kappa shape index (κ2) is 10.9. The second-order valence-electron chi connectivity index (χ2n) is 7.38. The normalized spacial score (nSPS) is 17.7. The molecule has 2 aromatic carbocycles. The largest absolute Gasteiger partial charge is 0.507 e. The molecule has 2 aromatic rings. The first-order valence-corrected chi connectivity index (χ1v) is 10.8. The van der Waals surface area contributed by atoms with Gasteiger partial charge in [-0.05, 0) is 48.7 Å². The predicted molar refractivity (Wildman–Crippen MR) is 120 cm³/mol. The molecule has 1 atom stereocenters. The Morgan fingerprint density at radius 2 is 1.69 bits per heavy atom. The third kappa shape index (κ3) is 5.00. The fourth-order valence-corrected chi connectivity index (χ4v) is 3.75. The van der Waals surface area contributed by atoms with E-state index in [0.717, 1.165) is 17.5 Å². The highest BCUT2D eigenvalue weighted by molar-refractivity contribution is 6.46. The highest BCUT2D eigenvalue weighted by Gasteiger charge is 2.45. The number of ketones is 1. The third-order valence-electron chi connectivity index (χ3n) is 5.39. The molecule has 32 heavy (non-hydrogen) atoms. The lowest BCUT2D eigenvalue weighted by atomic mass is 9.94. The van der Waals surface area contributed by atoms with Gasteiger partial charge in [-0.1, -0.05) is 31.2 Å². The molecule has 0 saturated carbocycles. The number of carbonyl (C=O) groups excluding carboxylic acids is 2. The van der Waals surface area contributed by atoms with Crippen molar-refractivity contribution in [1.82, 2.24) is 4.90 Å². The maximum Gasteiger partial charge on any atom is 0.295 e. The highest BCUT2D eigenvalue weighted by atomic mass is 16.5. The van der Waals surface area contributed by atoms with Gasteiger partial charge in [0, 0.05) is 12.1 Å². The number of ether oxygens (including phenoxy) is 2. The van der Waals surface area contributed by atoms with Crippen molar-refractivity contribution in [2.45, 2.75) is 26.3 Å². The number of hydrogen-bond acceptors (Lipinski definition) is 6. The van der Waals surface area contributed by atoms with E-state index >= 15 is 0 Å². The number of amides is 1. The molecule has 0 aromatic heterocycles. The summed E-state index contributed by atoms with van der Waals surface area (Å²) in [6.45, 7) is 4.78. The summed E-state index contributed by atoms with van der Waals surface area (Å²) in [6.07, 6.45) is 0.863. The predicted octanol–water partition coefficient (Wildman–Crippen LogP) is 3.08. The smallest absolute Gasteiger partial charge is 0.295 e. The molecule has 170 valence electrons. The van der Waals surface area contributed by atoms with Crippen molar-refractivity contribution >= 4 is 17.4 Å². The quantitative estimate of drug-likeness (QED) is 0.256. The van der Waals surface area contributed by atoms with Crippen LogP contribution in [0, 0.1) is 0 Å². The summed E-state index contributed by atoms with van der Waals surface area (Å²) < 4.78 is 10.8. The Kier molecular flexibility index (Phi) is 8.03. The summed E-state index contributed by atoms with van der Waals surface area (Å²) in [4.78, 5) is 27.3. The Morgan fingerprint density at radius 3 is 2.28 bits per heavy atom. The average Bonchev–Trinajstić information content (AvgIpc) is 3.07. The number of aliphatic hydroxyl groups is 2. The van der Waals surface area contributed by atoms with Crippen LogP contribution in [0.25, 0.3) is 5.76 Å². The fraction of sp³-hybridized carbons (Fsp3) is 0.360. The first kappa shape index (κ1) is 23.5. The lowest BCUT2D eigenvalue weighted by molar-refractivity contribution is -0.140. The Labute approximate surface area is 187 Å². The Morgan fingerprint density at radius 1 is 1.00 bits per heavy atom. The van der Waals surface area contributed by atoms with Gasteiger partial charge in [0.1, 0.15) is 11.5 Å². The number of hydrogen-bond donors (Lipinski definition) is 2. The molecule has 1 amide bonds. The molecule has 1 aliphatic heterocycles. The molecule has 1 unspecified atom stereocenters. The number of benzene rings is 2. The van der Waals surface area contributed by atoms with Gasteiger partial charge in [-0.25, -0.2) is 0 Å². The topological polar surface area (TPSA) is 96.3 Å². The van der Waals surface area contributed by atoms with E-state index in [0.29, 0.717) is 17.9 Å². The Bertz CT molecular complexity index is 965. The van der Waals surface area contributed by atoms with Gasteiger partial charge in [0.2, 0.25) is 0 Å². The van der Waals surface area contributed by atoms with Crippen molar-refractivity contribution in [3.63, 3.8) is 0 Å². The van der Waals surface area contributed by atoms with Gasteiger partial charge >= 0.3 is 0 Å². The van der Waals surface area contributed by atoms with Crippen LogP contribution in [-0.4, -0.2) is 59.8 Å². The van der Waals surface area contributed by atoms with Crippen LogP contribution in [0.3, 0.4) is 0 Å². The zero-order chi connectivity index (χ0) is 23.1. The van der Waals surface area contributed by atoms with Gasteiger partial charge in [0.05, 0.1) is 38.0 Å². The van der Waals surface area contributed by atoms with E-state index in [4.69, 9.17) is 14.6 Å². The molecule has 1 saturated heterocycles. The highest BCUT2D eigenvalue weighted by Crippen LogP contribution is 2.39. The summed E-state index contributed by atoms with van der Waals surface area (Å²) in [7, 11) is 0. The van der Waals surface area contributed by atoms with E-state index in [2.05, 4.69) is 0 Å². The van der Waals surface area contributed by atoms with Crippen molar-refractivity contribution in [2.75, 3.05) is 33.0 Å². The number of carbonyl (C=O) groups is 2. The van der Waals surface area contributed by atoms with Gasteiger partial charge in [-0.2, -0.15) is 0 Å². The Balaban J connectivity index is 2.02.